The molecule has 2 aromatic heterocycles. The number of nitrogens with one attached hydrogen (secondary N) is 1. The molecule has 2 aromatic rings. The van der Waals surface area contributed by atoms with Crippen molar-refractivity contribution in [1.82, 2.24) is 19.9 Å². The SMILES string of the molecule is COC1CNC(c2nc3cnccc3n2C2CC2)C1. The van der Waals surface area contributed by atoms with Gasteiger partial charge in [-0.15, -0.1) is 0 Å². The second-order valence-electron chi connectivity index (χ2n) is 5.49. The van der Waals surface area contributed by atoms with Gasteiger partial charge in [-0.05, 0) is 25.3 Å². The highest BCUT2D eigenvalue weighted by molar-refractivity contribution is 5.75. The molecule has 4 rings (SSSR count). The number of nitrogens with zero attached hydrogens (tertiary/aromatic N) is 3. The predicted octanol–water partition coefficient (Wildman–Crippen LogP) is 1.82. The van der Waals surface area contributed by atoms with E-state index in [1.807, 2.05) is 12.4 Å². The third kappa shape index (κ3) is 1.84. The number of methoxy groups -OCH3 is 1. The van der Waals surface area contributed by atoms with Crippen molar-refractivity contribution in [3.63, 3.8) is 0 Å². The highest BCUT2D eigenvalue weighted by Gasteiger charge is 2.34. The summed E-state index contributed by atoms with van der Waals surface area (Å²) in [6, 6.07) is 3.01. The first-order valence-electron chi connectivity index (χ1n) is 6.95. The topological polar surface area (TPSA) is 52.0 Å². The van der Waals surface area contributed by atoms with Crippen LogP contribution in [0.1, 0.15) is 37.2 Å². The van der Waals surface area contributed by atoms with Crippen LogP contribution in [0.25, 0.3) is 11.0 Å². The Bertz CT molecular complexity index is 605. The van der Waals surface area contributed by atoms with Crippen LogP contribution >= 0.6 is 0 Å². The maximum atomic E-state index is 5.44. The van der Waals surface area contributed by atoms with Crippen LogP contribution in [0.5, 0.6) is 0 Å². The van der Waals surface area contributed by atoms with Crippen molar-refractivity contribution in [2.45, 2.75) is 37.5 Å². The molecule has 3 heterocycles. The van der Waals surface area contributed by atoms with Crippen LogP contribution in [0, 0.1) is 0 Å². The molecule has 0 aromatic carbocycles. The maximum absolute atomic E-state index is 5.44. The fourth-order valence-electron chi connectivity index (χ4n) is 3.01. The molecule has 100 valence electrons. The van der Waals surface area contributed by atoms with Crippen LogP contribution in [-0.2, 0) is 4.74 Å². The summed E-state index contributed by atoms with van der Waals surface area (Å²) in [5.41, 5.74) is 2.22. The summed E-state index contributed by atoms with van der Waals surface area (Å²) in [6.45, 7) is 0.910. The van der Waals surface area contributed by atoms with E-state index >= 15 is 0 Å². The second kappa shape index (κ2) is 4.28. The molecule has 19 heavy (non-hydrogen) atoms. The van der Waals surface area contributed by atoms with Gasteiger partial charge in [-0.1, -0.05) is 0 Å². The van der Waals surface area contributed by atoms with Gasteiger partial charge in [0.2, 0.25) is 0 Å². The van der Waals surface area contributed by atoms with Gasteiger partial charge < -0.3 is 14.6 Å². The summed E-state index contributed by atoms with van der Waals surface area (Å²) in [6.07, 6.45) is 7.55. The lowest BCUT2D eigenvalue weighted by atomic mass is 10.2. The summed E-state index contributed by atoms with van der Waals surface area (Å²) in [5.74, 6) is 1.16. The smallest absolute Gasteiger partial charge is 0.127 e. The molecule has 2 fully saturated rings. The molecule has 0 spiro atoms. The average molecular weight is 258 g/mol. The molecular formula is C14H18N4O. The molecule has 1 aliphatic carbocycles. The van der Waals surface area contributed by atoms with Crippen LogP contribution in [0.2, 0.25) is 0 Å². The van der Waals surface area contributed by atoms with Gasteiger partial charge in [0.1, 0.15) is 11.3 Å². The molecule has 2 aliphatic rings. The zero-order valence-corrected chi connectivity index (χ0v) is 11.0. The molecular weight excluding hydrogens is 240 g/mol. The van der Waals surface area contributed by atoms with Gasteiger partial charge in [-0.2, -0.15) is 0 Å². The summed E-state index contributed by atoms with van der Waals surface area (Å²) in [5, 5.41) is 3.53. The molecule has 1 saturated carbocycles. The van der Waals surface area contributed by atoms with Crippen molar-refractivity contribution in [2.75, 3.05) is 13.7 Å². The Morgan fingerprint density at radius 1 is 1.42 bits per heavy atom. The normalized spacial score (nSPS) is 27.2. The number of imidazole rings is 1. The first-order chi connectivity index (χ1) is 9.36. The molecule has 2 atom stereocenters. The van der Waals surface area contributed by atoms with E-state index in [-0.39, 0.29) is 0 Å². The quantitative estimate of drug-likeness (QED) is 0.912. The molecule has 1 saturated heterocycles. The van der Waals surface area contributed by atoms with Crippen LogP contribution in [0.4, 0.5) is 0 Å². The number of fused-ring (bicyclic) bond motifs is 1. The lowest BCUT2D eigenvalue weighted by Gasteiger charge is -2.13. The Hall–Kier alpha value is -1.46. The Labute approximate surface area is 112 Å². The fraction of sp³-hybridized carbons (Fsp3) is 0.571. The molecule has 0 bridgehead atoms. The van der Waals surface area contributed by atoms with Crippen molar-refractivity contribution >= 4 is 11.0 Å². The number of pyridine rings is 1. The van der Waals surface area contributed by atoms with E-state index in [9.17, 15) is 0 Å². The van der Waals surface area contributed by atoms with Crippen LogP contribution in [-0.4, -0.2) is 34.3 Å². The van der Waals surface area contributed by atoms with E-state index < -0.39 is 0 Å². The van der Waals surface area contributed by atoms with E-state index in [0.29, 0.717) is 18.2 Å². The number of hydrogen-bond acceptors (Lipinski definition) is 4. The molecule has 0 radical (unpaired) electrons. The summed E-state index contributed by atoms with van der Waals surface area (Å²) >= 11 is 0. The van der Waals surface area contributed by atoms with Crippen LogP contribution < -0.4 is 5.32 Å². The van der Waals surface area contributed by atoms with E-state index in [1.165, 1.54) is 18.4 Å². The fourth-order valence-corrected chi connectivity index (χ4v) is 3.01. The van der Waals surface area contributed by atoms with Gasteiger partial charge in [0.05, 0.1) is 23.9 Å². The minimum absolute atomic E-state index is 0.301. The number of rotatable bonds is 3. The highest BCUT2D eigenvalue weighted by Crippen LogP contribution is 2.40. The van der Waals surface area contributed by atoms with Crippen molar-refractivity contribution in [3.05, 3.63) is 24.3 Å². The Kier molecular flexibility index (Phi) is 2.56. The first kappa shape index (κ1) is 11.4. The first-order valence-corrected chi connectivity index (χ1v) is 6.95. The molecule has 0 amide bonds. The van der Waals surface area contributed by atoms with Crippen molar-refractivity contribution < 1.29 is 4.74 Å². The second-order valence-corrected chi connectivity index (χ2v) is 5.49. The Balaban J connectivity index is 1.78. The van der Waals surface area contributed by atoms with Gasteiger partial charge in [0.25, 0.3) is 0 Å². The lowest BCUT2D eigenvalue weighted by Crippen LogP contribution is -2.18. The third-order valence-corrected chi connectivity index (χ3v) is 4.17. The number of ether oxygens (including phenoxy) is 1. The third-order valence-electron chi connectivity index (χ3n) is 4.17. The average Bonchev–Trinajstić information content (AvgIpc) is 3.05. The molecule has 1 N–H and O–H groups in total. The van der Waals surface area contributed by atoms with Gasteiger partial charge in [-0.25, -0.2) is 4.98 Å². The van der Waals surface area contributed by atoms with Gasteiger partial charge in [-0.3, -0.25) is 4.98 Å². The minimum Gasteiger partial charge on any atom is -0.380 e. The van der Waals surface area contributed by atoms with Gasteiger partial charge >= 0.3 is 0 Å². The van der Waals surface area contributed by atoms with Crippen LogP contribution in [0.15, 0.2) is 18.5 Å². The van der Waals surface area contributed by atoms with Gasteiger partial charge in [0.15, 0.2) is 0 Å². The van der Waals surface area contributed by atoms with E-state index in [4.69, 9.17) is 9.72 Å². The van der Waals surface area contributed by atoms with Gasteiger partial charge in [0, 0.05) is 25.9 Å². The minimum atomic E-state index is 0.301. The van der Waals surface area contributed by atoms with Crippen LogP contribution in [0.3, 0.4) is 0 Å². The largest absolute Gasteiger partial charge is 0.380 e. The van der Waals surface area contributed by atoms with Crippen molar-refractivity contribution in [2.24, 2.45) is 0 Å². The Morgan fingerprint density at radius 2 is 2.32 bits per heavy atom. The molecule has 1 aliphatic heterocycles. The Morgan fingerprint density at radius 3 is 3.05 bits per heavy atom. The van der Waals surface area contributed by atoms with E-state index in [2.05, 4.69) is 20.9 Å². The molecule has 5 nitrogen and oxygen atoms in total. The lowest BCUT2D eigenvalue weighted by molar-refractivity contribution is 0.117. The monoisotopic (exact) mass is 258 g/mol. The number of hydrogen-bond donors (Lipinski definition) is 1. The predicted molar refractivity (Wildman–Crippen MR) is 72.0 cm³/mol. The van der Waals surface area contributed by atoms with Crippen molar-refractivity contribution in [3.8, 4) is 0 Å². The van der Waals surface area contributed by atoms with E-state index in [0.717, 1.165) is 24.3 Å². The highest BCUT2D eigenvalue weighted by atomic mass is 16.5. The summed E-state index contributed by atoms with van der Waals surface area (Å²) in [7, 11) is 1.78. The van der Waals surface area contributed by atoms with Crippen molar-refractivity contribution in [1.29, 1.82) is 0 Å². The van der Waals surface area contributed by atoms with E-state index in [1.54, 1.807) is 7.11 Å². The maximum Gasteiger partial charge on any atom is 0.127 e. The zero-order chi connectivity index (χ0) is 12.8. The standard InChI is InChI=1S/C14H18N4O/c1-19-10-6-11(16-7-10)14-17-12-8-15-5-4-13(12)18(14)9-2-3-9/h4-5,8-11,16H,2-3,6-7H2,1H3. The summed E-state index contributed by atoms with van der Waals surface area (Å²) in [4.78, 5) is 8.99. The molecule has 2 unspecified atom stereocenters. The zero-order valence-electron chi connectivity index (χ0n) is 11.0. The summed E-state index contributed by atoms with van der Waals surface area (Å²) < 4.78 is 7.85. The molecule has 5 heteroatoms. The number of aromatic nitrogens is 3.